The van der Waals surface area contributed by atoms with Crippen LogP contribution >= 0.6 is 0 Å². The Morgan fingerprint density at radius 2 is 1.95 bits per heavy atom. The summed E-state index contributed by atoms with van der Waals surface area (Å²) >= 11 is 0. The second-order valence-electron chi connectivity index (χ2n) is 6.15. The number of rotatable bonds is 3. The van der Waals surface area contributed by atoms with Gasteiger partial charge in [-0.25, -0.2) is 0 Å². The number of para-hydroxylation sites is 1. The Hall–Kier alpha value is -1.55. The molecule has 1 aromatic rings. The number of likely N-dealkylation sites (tertiary alicyclic amines) is 1. The Morgan fingerprint density at radius 1 is 1.10 bits per heavy atom. The van der Waals surface area contributed by atoms with Crippen molar-refractivity contribution in [3.63, 3.8) is 0 Å². The lowest BCUT2D eigenvalue weighted by Gasteiger charge is -2.37. The molecule has 4 nitrogen and oxygen atoms in total. The molecule has 0 spiro atoms. The largest absolute Gasteiger partial charge is 0.381 e. The van der Waals surface area contributed by atoms with E-state index in [1.54, 1.807) is 0 Å². The highest BCUT2D eigenvalue weighted by atomic mass is 16.2. The van der Waals surface area contributed by atoms with E-state index < -0.39 is 0 Å². The molecule has 1 aromatic carbocycles. The summed E-state index contributed by atoms with van der Waals surface area (Å²) in [7, 11) is 0. The Labute approximate surface area is 126 Å². The zero-order chi connectivity index (χ0) is 14.5. The summed E-state index contributed by atoms with van der Waals surface area (Å²) in [4.78, 5) is 14.6. The minimum atomic E-state index is 0.0767. The lowest BCUT2D eigenvalue weighted by molar-refractivity contribution is -0.126. The van der Waals surface area contributed by atoms with Gasteiger partial charge in [0, 0.05) is 24.8 Å². The van der Waals surface area contributed by atoms with Crippen LogP contribution in [0.25, 0.3) is 0 Å². The lowest BCUT2D eigenvalue weighted by Crippen LogP contribution is -2.52. The number of hydrogen-bond acceptors (Lipinski definition) is 3. The van der Waals surface area contributed by atoms with Crippen molar-refractivity contribution in [1.29, 1.82) is 0 Å². The molecule has 0 saturated carbocycles. The molecule has 0 aliphatic carbocycles. The van der Waals surface area contributed by atoms with Gasteiger partial charge >= 0.3 is 0 Å². The SMILES string of the molecule is O=C1NCCCC[C@@H]1N1CCC[C@H](Nc2ccccc2)C1. The summed E-state index contributed by atoms with van der Waals surface area (Å²) in [6.45, 7) is 2.85. The molecule has 21 heavy (non-hydrogen) atoms. The highest BCUT2D eigenvalue weighted by Crippen LogP contribution is 2.21. The molecule has 0 aromatic heterocycles. The van der Waals surface area contributed by atoms with Gasteiger partial charge in [-0.05, 0) is 50.8 Å². The zero-order valence-corrected chi connectivity index (χ0v) is 12.6. The van der Waals surface area contributed by atoms with Crippen LogP contribution < -0.4 is 10.6 Å². The minimum Gasteiger partial charge on any atom is -0.381 e. The quantitative estimate of drug-likeness (QED) is 0.896. The van der Waals surface area contributed by atoms with Crippen LogP contribution in [-0.4, -0.2) is 42.5 Å². The number of nitrogens with one attached hydrogen (secondary N) is 2. The maximum Gasteiger partial charge on any atom is 0.237 e. The number of amides is 1. The van der Waals surface area contributed by atoms with E-state index in [0.717, 1.165) is 45.3 Å². The lowest BCUT2D eigenvalue weighted by atomic mass is 10.0. The monoisotopic (exact) mass is 287 g/mol. The number of piperidine rings is 1. The average Bonchev–Trinajstić information content (AvgIpc) is 2.73. The van der Waals surface area contributed by atoms with Crippen LogP contribution in [-0.2, 0) is 4.79 Å². The molecule has 0 bridgehead atoms. The number of carbonyl (C=O) groups is 1. The molecule has 2 aliphatic rings. The van der Waals surface area contributed by atoms with Gasteiger partial charge in [-0.2, -0.15) is 0 Å². The van der Waals surface area contributed by atoms with Crippen molar-refractivity contribution in [3.8, 4) is 0 Å². The summed E-state index contributed by atoms with van der Waals surface area (Å²) in [6.07, 6.45) is 5.61. The molecule has 2 atom stereocenters. The fourth-order valence-electron chi connectivity index (χ4n) is 3.45. The predicted molar refractivity (Wildman–Crippen MR) is 85.3 cm³/mol. The molecule has 2 aliphatic heterocycles. The third-order valence-corrected chi connectivity index (χ3v) is 4.54. The van der Waals surface area contributed by atoms with Crippen LogP contribution in [0, 0.1) is 0 Å². The molecule has 114 valence electrons. The number of nitrogens with zero attached hydrogens (tertiary/aromatic N) is 1. The van der Waals surface area contributed by atoms with E-state index in [4.69, 9.17) is 0 Å². The van der Waals surface area contributed by atoms with Crippen molar-refractivity contribution in [2.75, 3.05) is 25.0 Å². The van der Waals surface area contributed by atoms with Crippen molar-refractivity contribution >= 4 is 11.6 Å². The summed E-state index contributed by atoms with van der Waals surface area (Å²) in [6, 6.07) is 10.9. The van der Waals surface area contributed by atoms with Gasteiger partial charge in [0.1, 0.15) is 0 Å². The van der Waals surface area contributed by atoms with E-state index >= 15 is 0 Å². The molecule has 2 saturated heterocycles. The summed E-state index contributed by atoms with van der Waals surface area (Å²) in [5, 5.41) is 6.66. The molecule has 2 N–H and O–H groups in total. The molecule has 1 amide bonds. The molecule has 3 rings (SSSR count). The van der Waals surface area contributed by atoms with Gasteiger partial charge in [-0.15, -0.1) is 0 Å². The Balaban J connectivity index is 1.61. The second-order valence-corrected chi connectivity index (χ2v) is 6.15. The smallest absolute Gasteiger partial charge is 0.237 e. The first-order chi connectivity index (χ1) is 10.3. The van der Waals surface area contributed by atoms with Gasteiger partial charge in [0.25, 0.3) is 0 Å². The van der Waals surface area contributed by atoms with Crippen LogP contribution in [0.1, 0.15) is 32.1 Å². The van der Waals surface area contributed by atoms with Crippen LogP contribution in [0.3, 0.4) is 0 Å². The topological polar surface area (TPSA) is 44.4 Å². The van der Waals surface area contributed by atoms with Crippen molar-refractivity contribution in [3.05, 3.63) is 30.3 Å². The van der Waals surface area contributed by atoms with Crippen LogP contribution in [0.4, 0.5) is 5.69 Å². The van der Waals surface area contributed by atoms with Crippen molar-refractivity contribution in [2.24, 2.45) is 0 Å². The van der Waals surface area contributed by atoms with E-state index in [1.165, 1.54) is 12.1 Å². The zero-order valence-electron chi connectivity index (χ0n) is 12.6. The molecule has 2 heterocycles. The van der Waals surface area contributed by atoms with Crippen molar-refractivity contribution < 1.29 is 4.79 Å². The van der Waals surface area contributed by atoms with Gasteiger partial charge in [0.15, 0.2) is 0 Å². The first-order valence-electron chi connectivity index (χ1n) is 8.16. The number of benzene rings is 1. The van der Waals surface area contributed by atoms with Crippen molar-refractivity contribution in [1.82, 2.24) is 10.2 Å². The molecule has 0 unspecified atom stereocenters. The van der Waals surface area contributed by atoms with Gasteiger partial charge in [-0.3, -0.25) is 9.69 Å². The van der Waals surface area contributed by atoms with E-state index in [2.05, 4.69) is 39.8 Å². The molecule has 2 fully saturated rings. The fraction of sp³-hybridized carbons (Fsp3) is 0.588. The average molecular weight is 287 g/mol. The van der Waals surface area contributed by atoms with E-state index in [1.807, 2.05) is 6.07 Å². The highest BCUT2D eigenvalue weighted by Gasteiger charge is 2.31. The maximum atomic E-state index is 12.2. The van der Waals surface area contributed by atoms with Gasteiger partial charge in [-0.1, -0.05) is 18.2 Å². The van der Waals surface area contributed by atoms with Crippen LogP contribution in [0.15, 0.2) is 30.3 Å². The van der Waals surface area contributed by atoms with E-state index in [9.17, 15) is 4.79 Å². The number of hydrogen-bond donors (Lipinski definition) is 2. The van der Waals surface area contributed by atoms with Gasteiger partial charge in [0.2, 0.25) is 5.91 Å². The first-order valence-corrected chi connectivity index (χ1v) is 8.16. The Morgan fingerprint density at radius 3 is 2.81 bits per heavy atom. The molecule has 0 radical (unpaired) electrons. The third kappa shape index (κ3) is 3.76. The standard InChI is InChI=1S/C17H25N3O/c21-17-16(10-4-5-11-18-17)20-12-6-9-15(13-20)19-14-7-2-1-3-8-14/h1-3,7-8,15-16,19H,4-6,9-13H2,(H,18,21)/t15-,16-/m0/s1. The van der Waals surface area contributed by atoms with E-state index in [0.29, 0.717) is 6.04 Å². The molecular formula is C17H25N3O. The number of carbonyl (C=O) groups excluding carboxylic acids is 1. The van der Waals surface area contributed by atoms with Crippen LogP contribution in [0.5, 0.6) is 0 Å². The molecule has 4 heteroatoms. The summed E-state index contributed by atoms with van der Waals surface area (Å²) in [5.41, 5.74) is 1.18. The normalized spacial score (nSPS) is 27.7. The van der Waals surface area contributed by atoms with Gasteiger partial charge < -0.3 is 10.6 Å². The molecular weight excluding hydrogens is 262 g/mol. The first kappa shape index (κ1) is 14.4. The Bertz CT molecular complexity index is 462. The fourth-order valence-corrected chi connectivity index (χ4v) is 3.45. The summed E-state index contributed by atoms with van der Waals surface area (Å²) < 4.78 is 0. The third-order valence-electron chi connectivity index (χ3n) is 4.54. The van der Waals surface area contributed by atoms with Gasteiger partial charge in [0.05, 0.1) is 6.04 Å². The summed E-state index contributed by atoms with van der Waals surface area (Å²) in [5.74, 6) is 0.230. The Kier molecular flexibility index (Phi) is 4.76. The second kappa shape index (κ2) is 6.94. The number of anilines is 1. The minimum absolute atomic E-state index is 0.0767. The van der Waals surface area contributed by atoms with Crippen LogP contribution in [0.2, 0.25) is 0 Å². The van der Waals surface area contributed by atoms with E-state index in [-0.39, 0.29) is 11.9 Å². The predicted octanol–water partition coefficient (Wildman–Crippen LogP) is 2.23. The highest BCUT2D eigenvalue weighted by molar-refractivity contribution is 5.81. The maximum absolute atomic E-state index is 12.2. The van der Waals surface area contributed by atoms with Crippen molar-refractivity contribution in [2.45, 2.75) is 44.2 Å².